The fraction of sp³-hybridized carbons (Fsp3) is 0.375. The second-order valence-corrected chi connectivity index (χ2v) is 5.48. The summed E-state index contributed by atoms with van der Waals surface area (Å²) in [6.07, 6.45) is 1.89. The predicted molar refractivity (Wildman–Crippen MR) is 76.3 cm³/mol. The van der Waals surface area contributed by atoms with Gasteiger partial charge in [-0.2, -0.15) is 0 Å². The van der Waals surface area contributed by atoms with E-state index in [9.17, 15) is 14.0 Å². The number of carbonyl (C=O) groups is 2. The number of halogens is 1. The maximum Gasteiger partial charge on any atom is 0.341 e. The molecule has 1 rings (SSSR count). The van der Waals surface area contributed by atoms with Crippen LogP contribution in [0.4, 0.5) is 4.39 Å². The van der Waals surface area contributed by atoms with Crippen molar-refractivity contribution in [2.24, 2.45) is 0 Å². The van der Waals surface area contributed by atoms with Crippen molar-refractivity contribution in [1.82, 2.24) is 0 Å². The molecule has 4 nitrogen and oxygen atoms in total. The molecule has 0 aliphatic rings. The Morgan fingerprint density at radius 2 is 1.86 bits per heavy atom. The van der Waals surface area contributed by atoms with Crippen LogP contribution in [-0.4, -0.2) is 23.6 Å². The minimum Gasteiger partial charge on any atom is -0.457 e. The quantitative estimate of drug-likeness (QED) is 0.631. The Morgan fingerprint density at radius 1 is 1.24 bits per heavy atom. The third kappa shape index (κ3) is 6.21. The van der Waals surface area contributed by atoms with Crippen LogP contribution >= 0.6 is 0 Å². The molecule has 0 heterocycles. The van der Waals surface area contributed by atoms with Crippen molar-refractivity contribution in [3.8, 4) is 0 Å². The zero-order valence-electron chi connectivity index (χ0n) is 12.6. The molecule has 0 aliphatic heterocycles. The van der Waals surface area contributed by atoms with Gasteiger partial charge in [0.1, 0.15) is 17.5 Å². The average molecular weight is 294 g/mol. The van der Waals surface area contributed by atoms with Crippen LogP contribution in [0.5, 0.6) is 0 Å². The van der Waals surface area contributed by atoms with Gasteiger partial charge in [-0.3, -0.25) is 0 Å². The first-order valence-electron chi connectivity index (χ1n) is 6.56. The Balaban J connectivity index is 2.58. The molecule has 0 aromatic heterocycles. The van der Waals surface area contributed by atoms with E-state index in [1.54, 1.807) is 33.8 Å². The van der Waals surface area contributed by atoms with Crippen molar-refractivity contribution in [2.45, 2.75) is 39.4 Å². The van der Waals surface area contributed by atoms with E-state index >= 15 is 0 Å². The molecule has 0 radical (unpaired) electrons. The van der Waals surface area contributed by atoms with Crippen LogP contribution < -0.4 is 0 Å². The smallest absolute Gasteiger partial charge is 0.341 e. The van der Waals surface area contributed by atoms with E-state index in [0.717, 1.165) is 0 Å². The lowest BCUT2D eigenvalue weighted by molar-refractivity contribution is -0.148. The Hall–Kier alpha value is -2.17. The highest BCUT2D eigenvalue weighted by atomic mass is 19.1. The van der Waals surface area contributed by atoms with E-state index in [0.29, 0.717) is 0 Å². The normalized spacial score (nSPS) is 13.0. The first kappa shape index (κ1) is 16.9. The second-order valence-electron chi connectivity index (χ2n) is 5.48. The molecule has 0 spiro atoms. The molecule has 0 aliphatic carbocycles. The van der Waals surface area contributed by atoms with Gasteiger partial charge in [-0.05, 0) is 45.9 Å². The van der Waals surface area contributed by atoms with Crippen molar-refractivity contribution in [1.29, 1.82) is 0 Å². The number of hydrogen-bond donors (Lipinski definition) is 0. The van der Waals surface area contributed by atoms with Gasteiger partial charge in [-0.1, -0.05) is 12.1 Å². The average Bonchev–Trinajstić information content (AvgIpc) is 2.34. The van der Waals surface area contributed by atoms with Crippen LogP contribution in [-0.2, 0) is 14.3 Å². The van der Waals surface area contributed by atoms with Gasteiger partial charge in [0.15, 0.2) is 0 Å². The van der Waals surface area contributed by atoms with Crippen molar-refractivity contribution in [2.75, 3.05) is 0 Å². The van der Waals surface area contributed by atoms with Crippen molar-refractivity contribution in [3.05, 3.63) is 47.8 Å². The Labute approximate surface area is 123 Å². The van der Waals surface area contributed by atoms with E-state index in [-0.39, 0.29) is 5.56 Å². The van der Waals surface area contributed by atoms with E-state index in [1.165, 1.54) is 30.4 Å². The summed E-state index contributed by atoms with van der Waals surface area (Å²) >= 11 is 0. The molecular formula is C16H19FO4. The third-order valence-corrected chi connectivity index (χ3v) is 2.30. The highest BCUT2D eigenvalue weighted by Crippen LogP contribution is 2.10. The largest absolute Gasteiger partial charge is 0.457 e. The van der Waals surface area contributed by atoms with Crippen LogP contribution in [0, 0.1) is 5.82 Å². The number of ether oxygens (including phenoxy) is 2. The highest BCUT2D eigenvalue weighted by molar-refractivity contribution is 5.90. The zero-order chi connectivity index (χ0) is 16.0. The molecule has 1 aromatic rings. The molecule has 0 bridgehead atoms. The molecule has 1 unspecified atom stereocenters. The Morgan fingerprint density at radius 3 is 2.43 bits per heavy atom. The van der Waals surface area contributed by atoms with Crippen molar-refractivity contribution >= 4 is 11.9 Å². The van der Waals surface area contributed by atoms with Crippen LogP contribution in [0.1, 0.15) is 38.1 Å². The standard InChI is InChI=1S/C16H19FO4/c1-11(9-10-14(18)21-16(2,3)4)20-15(19)12-7-5-6-8-13(12)17/h5-11H,1-4H3/b10-9+. The highest BCUT2D eigenvalue weighted by Gasteiger charge is 2.16. The molecule has 0 saturated carbocycles. The fourth-order valence-electron chi connectivity index (χ4n) is 1.45. The molecule has 5 heteroatoms. The first-order chi connectivity index (χ1) is 9.69. The van der Waals surface area contributed by atoms with Crippen LogP contribution in [0.15, 0.2) is 36.4 Å². The van der Waals surface area contributed by atoms with Gasteiger partial charge in [0.2, 0.25) is 0 Å². The van der Waals surface area contributed by atoms with Gasteiger partial charge in [0, 0.05) is 6.08 Å². The lowest BCUT2D eigenvalue weighted by atomic mass is 10.2. The summed E-state index contributed by atoms with van der Waals surface area (Å²) in [4.78, 5) is 23.2. The van der Waals surface area contributed by atoms with Gasteiger partial charge in [-0.15, -0.1) is 0 Å². The molecule has 1 aromatic carbocycles. The Bertz CT molecular complexity index is 543. The molecule has 114 valence electrons. The van der Waals surface area contributed by atoms with Crippen molar-refractivity contribution in [3.63, 3.8) is 0 Å². The SMILES string of the molecule is CC(/C=C/C(=O)OC(C)(C)C)OC(=O)c1ccccc1F. The summed E-state index contributed by atoms with van der Waals surface area (Å²) < 4.78 is 23.5. The minimum absolute atomic E-state index is 0.144. The maximum absolute atomic E-state index is 13.4. The number of hydrogen-bond acceptors (Lipinski definition) is 4. The van der Waals surface area contributed by atoms with E-state index in [2.05, 4.69) is 0 Å². The summed E-state index contributed by atoms with van der Waals surface area (Å²) in [5.74, 6) is -1.96. The fourth-order valence-corrected chi connectivity index (χ4v) is 1.45. The third-order valence-electron chi connectivity index (χ3n) is 2.30. The topological polar surface area (TPSA) is 52.6 Å². The number of esters is 2. The van der Waals surface area contributed by atoms with E-state index in [1.807, 2.05) is 0 Å². The van der Waals surface area contributed by atoms with Gasteiger partial charge >= 0.3 is 11.9 Å². The van der Waals surface area contributed by atoms with E-state index < -0.39 is 29.5 Å². The first-order valence-corrected chi connectivity index (χ1v) is 6.56. The summed E-state index contributed by atoms with van der Waals surface area (Å²) in [5, 5.41) is 0. The van der Waals surface area contributed by atoms with Crippen LogP contribution in [0.25, 0.3) is 0 Å². The molecule has 0 N–H and O–H groups in total. The summed E-state index contributed by atoms with van der Waals surface area (Å²) in [7, 11) is 0. The zero-order valence-corrected chi connectivity index (χ0v) is 12.6. The number of benzene rings is 1. The van der Waals surface area contributed by atoms with Gasteiger partial charge in [0.25, 0.3) is 0 Å². The summed E-state index contributed by atoms with van der Waals surface area (Å²) in [6, 6.07) is 5.54. The van der Waals surface area contributed by atoms with Gasteiger partial charge in [-0.25, -0.2) is 14.0 Å². The molecule has 0 amide bonds. The van der Waals surface area contributed by atoms with Gasteiger partial charge < -0.3 is 9.47 Å². The molecule has 0 saturated heterocycles. The summed E-state index contributed by atoms with van der Waals surface area (Å²) in [5.41, 5.74) is -0.732. The molecule has 0 fully saturated rings. The number of rotatable bonds is 4. The predicted octanol–water partition coefficient (Wildman–Crippen LogP) is 3.27. The molecule has 1 atom stereocenters. The number of carbonyl (C=O) groups excluding carboxylic acids is 2. The van der Waals surface area contributed by atoms with Crippen LogP contribution in [0.2, 0.25) is 0 Å². The van der Waals surface area contributed by atoms with E-state index in [4.69, 9.17) is 9.47 Å². The van der Waals surface area contributed by atoms with Crippen LogP contribution in [0.3, 0.4) is 0 Å². The summed E-state index contributed by atoms with van der Waals surface area (Å²) in [6.45, 7) is 6.82. The van der Waals surface area contributed by atoms with Gasteiger partial charge in [0.05, 0.1) is 5.56 Å². The molecular weight excluding hydrogens is 275 g/mol. The molecule has 21 heavy (non-hydrogen) atoms. The Kier molecular flexibility index (Phi) is 5.64. The minimum atomic E-state index is -0.783. The maximum atomic E-state index is 13.4. The second kappa shape index (κ2) is 7.02. The van der Waals surface area contributed by atoms with Crippen molar-refractivity contribution < 1.29 is 23.5 Å². The lowest BCUT2D eigenvalue weighted by Gasteiger charge is -2.18. The lowest BCUT2D eigenvalue weighted by Crippen LogP contribution is -2.23. The monoisotopic (exact) mass is 294 g/mol.